The number of carbonyl (C=O) groups excluding carboxylic acids is 1. The lowest BCUT2D eigenvalue weighted by atomic mass is 9.73. The van der Waals surface area contributed by atoms with Crippen LogP contribution in [0.3, 0.4) is 0 Å². The van der Waals surface area contributed by atoms with E-state index in [1.165, 1.54) is 11.1 Å². The van der Waals surface area contributed by atoms with Crippen molar-refractivity contribution in [2.24, 2.45) is 0 Å². The fraction of sp³-hybridized carbons (Fsp3) is 0.333. The normalized spacial score (nSPS) is 24.7. The van der Waals surface area contributed by atoms with Crippen molar-refractivity contribution in [2.45, 2.75) is 36.2 Å². The van der Waals surface area contributed by atoms with Crippen molar-refractivity contribution in [3.05, 3.63) is 94.8 Å². The molecule has 32 heavy (non-hydrogen) atoms. The summed E-state index contributed by atoms with van der Waals surface area (Å²) in [6, 6.07) is 18.3. The zero-order chi connectivity index (χ0) is 21.9. The summed E-state index contributed by atoms with van der Waals surface area (Å²) in [7, 11) is 1.67. The minimum Gasteiger partial charge on any atom is -0.497 e. The molecule has 2 atom stereocenters. The lowest BCUT2D eigenvalue weighted by molar-refractivity contribution is -0.140. The smallest absolute Gasteiger partial charge is 0.237 e. The molecule has 2 aliphatic carbocycles. The predicted octanol–water partition coefficient (Wildman–Crippen LogP) is 3.74. The average molecular weight is 427 g/mol. The molecule has 162 valence electrons. The van der Waals surface area contributed by atoms with Crippen LogP contribution in [0, 0.1) is 0 Å². The Kier molecular flexibility index (Phi) is 4.21. The minimum absolute atomic E-state index is 0.146. The van der Waals surface area contributed by atoms with E-state index in [2.05, 4.69) is 35.3 Å². The zero-order valence-corrected chi connectivity index (χ0v) is 18.1. The third kappa shape index (κ3) is 2.54. The minimum atomic E-state index is -0.935. The van der Waals surface area contributed by atoms with E-state index in [4.69, 9.17) is 4.74 Å². The van der Waals surface area contributed by atoms with Crippen LogP contribution in [0.2, 0.25) is 0 Å². The highest BCUT2D eigenvalue weighted by atomic mass is 16.5. The summed E-state index contributed by atoms with van der Waals surface area (Å²) in [4.78, 5) is 20.4. The van der Waals surface area contributed by atoms with Crippen LogP contribution in [0.5, 0.6) is 5.75 Å². The Bertz CT molecular complexity index is 1200. The first kappa shape index (κ1) is 19.5. The molecule has 5 nitrogen and oxygen atoms in total. The van der Waals surface area contributed by atoms with Gasteiger partial charge in [-0.05, 0) is 59.7 Å². The van der Waals surface area contributed by atoms with Crippen LogP contribution in [0.25, 0.3) is 0 Å². The second kappa shape index (κ2) is 6.91. The molecule has 0 saturated carbocycles. The van der Waals surface area contributed by atoms with Crippen molar-refractivity contribution >= 4 is 5.91 Å². The first-order chi connectivity index (χ1) is 15.6. The Morgan fingerprint density at radius 3 is 2.59 bits per heavy atom. The van der Waals surface area contributed by atoms with Crippen molar-refractivity contribution in [2.75, 3.05) is 20.2 Å². The number of ether oxygens (including phenoxy) is 1. The lowest BCUT2D eigenvalue weighted by Gasteiger charge is -2.42. The fourth-order valence-corrected chi connectivity index (χ4v) is 6.18. The highest BCUT2D eigenvalue weighted by molar-refractivity contribution is 5.96. The van der Waals surface area contributed by atoms with E-state index in [0.717, 1.165) is 28.9 Å². The molecule has 2 aromatic carbocycles. The summed E-state index contributed by atoms with van der Waals surface area (Å²) in [5.41, 5.74) is 3.93. The number of hydrogen-bond acceptors (Lipinski definition) is 4. The number of rotatable bonds is 3. The molecule has 0 spiro atoms. The molecule has 5 heteroatoms. The number of aromatic nitrogens is 1. The van der Waals surface area contributed by atoms with Crippen LogP contribution in [-0.2, 0) is 15.8 Å². The summed E-state index contributed by atoms with van der Waals surface area (Å²) in [6.45, 7) is 1.05. The number of aliphatic hydroxyl groups is 1. The van der Waals surface area contributed by atoms with Gasteiger partial charge in [-0.15, -0.1) is 0 Å². The molecule has 1 fully saturated rings. The molecule has 1 saturated heterocycles. The maximum Gasteiger partial charge on any atom is 0.237 e. The van der Waals surface area contributed by atoms with E-state index in [0.29, 0.717) is 25.9 Å². The Balaban J connectivity index is 1.37. The molecule has 1 amide bonds. The van der Waals surface area contributed by atoms with Crippen LogP contribution < -0.4 is 4.74 Å². The van der Waals surface area contributed by atoms with Gasteiger partial charge in [0.1, 0.15) is 11.2 Å². The number of nitrogens with zero attached hydrogens (tertiary/aromatic N) is 2. The summed E-state index contributed by atoms with van der Waals surface area (Å²) in [5, 5.41) is 11.2. The third-order valence-corrected chi connectivity index (χ3v) is 7.84. The van der Waals surface area contributed by atoms with Crippen molar-refractivity contribution in [1.82, 2.24) is 9.88 Å². The van der Waals surface area contributed by atoms with Gasteiger partial charge in [0.2, 0.25) is 5.91 Å². The van der Waals surface area contributed by atoms with Gasteiger partial charge in [0.25, 0.3) is 0 Å². The van der Waals surface area contributed by atoms with Gasteiger partial charge in [0.15, 0.2) is 0 Å². The second-order valence-corrected chi connectivity index (χ2v) is 9.27. The van der Waals surface area contributed by atoms with Crippen LogP contribution in [0.4, 0.5) is 0 Å². The maximum atomic E-state index is 14.2. The van der Waals surface area contributed by atoms with Gasteiger partial charge >= 0.3 is 0 Å². The summed E-state index contributed by atoms with van der Waals surface area (Å²) in [6.07, 6.45) is 5.24. The number of likely N-dealkylation sites (tertiary alicyclic amines) is 1. The van der Waals surface area contributed by atoms with Crippen LogP contribution in [0.15, 0.2) is 67.0 Å². The Labute approximate surface area is 187 Å². The highest BCUT2D eigenvalue weighted by Crippen LogP contribution is 2.61. The van der Waals surface area contributed by atoms with E-state index < -0.39 is 11.0 Å². The highest BCUT2D eigenvalue weighted by Gasteiger charge is 2.58. The van der Waals surface area contributed by atoms with E-state index in [9.17, 15) is 9.90 Å². The first-order valence-corrected chi connectivity index (χ1v) is 11.3. The van der Waals surface area contributed by atoms with E-state index in [1.807, 2.05) is 29.2 Å². The molecule has 2 unspecified atom stereocenters. The van der Waals surface area contributed by atoms with Crippen molar-refractivity contribution in [3.63, 3.8) is 0 Å². The Morgan fingerprint density at radius 1 is 1.06 bits per heavy atom. The van der Waals surface area contributed by atoms with Crippen molar-refractivity contribution in [1.29, 1.82) is 0 Å². The maximum absolute atomic E-state index is 14.2. The molecule has 3 aliphatic rings. The number of amides is 1. The monoisotopic (exact) mass is 426 g/mol. The van der Waals surface area contributed by atoms with Gasteiger partial charge in [-0.2, -0.15) is 0 Å². The summed E-state index contributed by atoms with van der Waals surface area (Å²) >= 11 is 0. The van der Waals surface area contributed by atoms with E-state index in [1.54, 1.807) is 19.5 Å². The number of fused-ring (bicyclic) bond motifs is 8. The molecular formula is C27H26N2O3. The van der Waals surface area contributed by atoms with E-state index in [-0.39, 0.29) is 11.8 Å². The molecular weight excluding hydrogens is 400 g/mol. The molecule has 6 rings (SSSR count). The topological polar surface area (TPSA) is 62.7 Å². The van der Waals surface area contributed by atoms with Crippen molar-refractivity contribution in [3.8, 4) is 5.75 Å². The Hall–Kier alpha value is -3.18. The van der Waals surface area contributed by atoms with Crippen molar-refractivity contribution < 1.29 is 14.6 Å². The molecule has 2 heterocycles. The van der Waals surface area contributed by atoms with Gasteiger partial charge < -0.3 is 14.7 Å². The summed E-state index contributed by atoms with van der Waals surface area (Å²) < 4.78 is 5.52. The van der Waals surface area contributed by atoms with E-state index >= 15 is 0 Å². The number of hydrogen-bond donors (Lipinski definition) is 1. The van der Waals surface area contributed by atoms with Gasteiger partial charge in [0, 0.05) is 37.0 Å². The zero-order valence-electron chi connectivity index (χ0n) is 18.1. The molecule has 2 bridgehead atoms. The SMILES string of the molecule is COc1ccc2c(c1)C1(C(=O)N3CCC(O)(c4cccnc4)CC3)CC2c2ccccc21. The van der Waals surface area contributed by atoms with Crippen LogP contribution in [-0.4, -0.2) is 41.1 Å². The quantitative estimate of drug-likeness (QED) is 0.693. The molecule has 1 N–H and O–H groups in total. The third-order valence-electron chi connectivity index (χ3n) is 7.84. The van der Waals surface area contributed by atoms with Gasteiger partial charge in [-0.3, -0.25) is 9.78 Å². The van der Waals surface area contributed by atoms with Gasteiger partial charge in [-0.25, -0.2) is 0 Å². The number of pyridine rings is 1. The number of benzene rings is 2. The number of piperidine rings is 1. The van der Waals surface area contributed by atoms with Gasteiger partial charge in [0.05, 0.1) is 12.7 Å². The Morgan fingerprint density at radius 2 is 1.84 bits per heavy atom. The summed E-state index contributed by atoms with van der Waals surface area (Å²) in [5.74, 6) is 1.17. The predicted molar refractivity (Wildman–Crippen MR) is 121 cm³/mol. The van der Waals surface area contributed by atoms with Gasteiger partial charge in [-0.1, -0.05) is 36.4 Å². The molecule has 0 radical (unpaired) electrons. The van der Waals surface area contributed by atoms with Crippen LogP contribution >= 0.6 is 0 Å². The molecule has 1 aromatic heterocycles. The molecule has 1 aliphatic heterocycles. The fourth-order valence-electron chi connectivity index (χ4n) is 6.18. The second-order valence-electron chi connectivity index (χ2n) is 9.27. The molecule has 3 aromatic rings. The average Bonchev–Trinajstić information content (AvgIpc) is 3.38. The lowest BCUT2D eigenvalue weighted by Crippen LogP contribution is -2.51. The number of methoxy groups -OCH3 is 1. The van der Waals surface area contributed by atoms with Crippen LogP contribution in [0.1, 0.15) is 53.0 Å². The largest absolute Gasteiger partial charge is 0.497 e. The first-order valence-electron chi connectivity index (χ1n) is 11.3. The standard InChI is InChI=1S/C27H26N2O3/c1-32-19-8-9-21-22-16-27(24(21)15-19,23-7-3-2-6-20(22)23)25(30)29-13-10-26(31,11-14-29)18-5-4-12-28-17-18/h2-9,12,15,17,22,31H,10-11,13-14,16H2,1H3. The number of carbonyl (C=O) groups is 1.